The molecule has 0 aromatic heterocycles. The fraction of sp³-hybridized carbons (Fsp3) is 0.594. The number of aryl methyl sites for hydroxylation is 2. The largest absolute Gasteiger partial charge is 0.543 e. The van der Waals surface area contributed by atoms with Crippen LogP contribution in [0.1, 0.15) is 87.0 Å². The molecule has 1 aliphatic heterocycles. The van der Waals surface area contributed by atoms with Crippen molar-refractivity contribution in [1.82, 2.24) is 4.90 Å². The van der Waals surface area contributed by atoms with Crippen molar-refractivity contribution in [3.05, 3.63) is 64.2 Å². The van der Waals surface area contributed by atoms with Crippen LogP contribution in [0.5, 0.6) is 5.75 Å². The topological polar surface area (TPSA) is 59.0 Å². The van der Waals surface area contributed by atoms with Gasteiger partial charge in [-0.15, -0.1) is 0 Å². The minimum absolute atomic E-state index is 0.131. The molecule has 0 radical (unpaired) electrons. The molecule has 38 heavy (non-hydrogen) atoms. The Bertz CT molecular complexity index is 1060. The number of benzene rings is 2. The molecule has 0 spiro atoms. The molecule has 0 bridgehead atoms. The van der Waals surface area contributed by atoms with Crippen LogP contribution in [0.2, 0.25) is 16.6 Å². The van der Waals surface area contributed by atoms with Crippen molar-refractivity contribution in [3.8, 4) is 5.75 Å². The number of hydrogen-bond acceptors (Lipinski definition) is 5. The van der Waals surface area contributed by atoms with E-state index in [1.165, 1.54) is 0 Å². The molecular formula is C32H49NO4Si. The molecule has 6 heteroatoms. The van der Waals surface area contributed by atoms with Crippen LogP contribution in [0, 0.1) is 13.8 Å². The highest BCUT2D eigenvalue weighted by Crippen LogP contribution is 2.43. The van der Waals surface area contributed by atoms with Crippen LogP contribution in [-0.4, -0.2) is 50.9 Å². The van der Waals surface area contributed by atoms with Gasteiger partial charge < -0.3 is 14.3 Å². The molecule has 0 unspecified atom stereocenters. The average Bonchev–Trinajstić information content (AvgIpc) is 2.85. The summed E-state index contributed by atoms with van der Waals surface area (Å²) in [5, 5.41) is 11.3. The summed E-state index contributed by atoms with van der Waals surface area (Å²) in [6, 6.07) is 12.1. The molecule has 1 fully saturated rings. The van der Waals surface area contributed by atoms with Crippen molar-refractivity contribution in [2.75, 3.05) is 26.7 Å². The zero-order chi connectivity index (χ0) is 28.3. The highest BCUT2D eigenvalue weighted by molar-refractivity contribution is 6.78. The van der Waals surface area contributed by atoms with Gasteiger partial charge in [0.25, 0.3) is 8.32 Å². The van der Waals surface area contributed by atoms with Gasteiger partial charge in [-0.25, -0.2) is 0 Å². The number of ether oxygens (including phenoxy) is 1. The van der Waals surface area contributed by atoms with E-state index in [9.17, 15) is 9.90 Å². The highest BCUT2D eigenvalue weighted by Gasteiger charge is 2.47. The van der Waals surface area contributed by atoms with E-state index >= 15 is 0 Å². The van der Waals surface area contributed by atoms with E-state index in [1.807, 2.05) is 37.3 Å². The van der Waals surface area contributed by atoms with Gasteiger partial charge in [-0.05, 0) is 77.7 Å². The Hall–Kier alpha value is -1.99. The van der Waals surface area contributed by atoms with Crippen molar-refractivity contribution >= 4 is 14.1 Å². The molecule has 0 saturated carbocycles. The Morgan fingerprint density at radius 3 is 2.00 bits per heavy atom. The van der Waals surface area contributed by atoms with E-state index in [-0.39, 0.29) is 5.78 Å². The lowest BCUT2D eigenvalue weighted by Crippen LogP contribution is -2.50. The molecule has 210 valence electrons. The quantitative estimate of drug-likeness (QED) is 0.242. The van der Waals surface area contributed by atoms with Crippen LogP contribution in [0.25, 0.3) is 0 Å². The summed E-state index contributed by atoms with van der Waals surface area (Å²) in [5.41, 5.74) is 5.43. The van der Waals surface area contributed by atoms with E-state index in [0.29, 0.717) is 55.7 Å². The van der Waals surface area contributed by atoms with Crippen LogP contribution in [0.4, 0.5) is 0 Å². The first-order chi connectivity index (χ1) is 17.8. The number of rotatable bonds is 11. The zero-order valence-corrected chi connectivity index (χ0v) is 26.1. The van der Waals surface area contributed by atoms with Gasteiger partial charge in [0, 0.05) is 25.8 Å². The SMILES string of the molecule is COCc1ccc(C2(O)CCN(CC(=O)c3cc(C)c(O[Si](C(C)C)(C(C)C)C(C)C)cc3C)CC2)cc1. The Morgan fingerprint density at radius 1 is 0.947 bits per heavy atom. The maximum Gasteiger partial charge on any atom is 0.258 e. The first-order valence-corrected chi connectivity index (χ1v) is 16.3. The molecule has 2 aromatic rings. The first-order valence-electron chi connectivity index (χ1n) is 14.2. The minimum Gasteiger partial charge on any atom is -0.543 e. The summed E-state index contributed by atoms with van der Waals surface area (Å²) in [7, 11) is -0.392. The molecule has 0 amide bonds. The predicted molar refractivity (Wildman–Crippen MR) is 159 cm³/mol. The second-order valence-electron chi connectivity index (χ2n) is 12.2. The van der Waals surface area contributed by atoms with E-state index in [2.05, 4.69) is 59.4 Å². The summed E-state index contributed by atoms with van der Waals surface area (Å²) < 4.78 is 12.1. The van der Waals surface area contributed by atoms with Crippen LogP contribution in [0.15, 0.2) is 36.4 Å². The number of likely N-dealkylation sites (tertiary alicyclic amines) is 1. The summed E-state index contributed by atoms with van der Waals surface area (Å²) in [5.74, 6) is 1.06. The van der Waals surface area contributed by atoms with Gasteiger partial charge in [0.05, 0.1) is 18.8 Å². The number of hydrogen-bond donors (Lipinski definition) is 1. The normalized spacial score (nSPS) is 16.4. The van der Waals surface area contributed by atoms with Crippen molar-refractivity contribution in [1.29, 1.82) is 0 Å². The molecule has 1 heterocycles. The standard InChI is InChI=1S/C32H49NO4Si/c1-22(2)38(23(3)4,24(5)6)37-31-19-25(7)29(18-26(31)8)30(34)20-33-16-14-32(35,15-17-33)28-12-10-27(11-13-28)21-36-9/h10-13,18-19,22-24,35H,14-17,20-21H2,1-9H3. The third kappa shape index (κ3) is 6.41. The van der Waals surface area contributed by atoms with Crippen molar-refractivity contribution < 1.29 is 19.1 Å². The number of carbonyl (C=O) groups excluding carboxylic acids is 1. The fourth-order valence-electron chi connectivity index (χ4n) is 6.48. The Balaban J connectivity index is 1.69. The molecule has 1 N–H and O–H groups in total. The van der Waals surface area contributed by atoms with Crippen molar-refractivity contribution in [2.24, 2.45) is 0 Å². The third-order valence-electron chi connectivity index (χ3n) is 8.67. The predicted octanol–water partition coefficient (Wildman–Crippen LogP) is 7.17. The van der Waals surface area contributed by atoms with Crippen molar-refractivity contribution in [2.45, 2.75) is 97.1 Å². The van der Waals surface area contributed by atoms with Gasteiger partial charge in [0.15, 0.2) is 5.78 Å². The highest BCUT2D eigenvalue weighted by atomic mass is 28.4. The molecule has 2 aromatic carbocycles. The fourth-order valence-corrected chi connectivity index (χ4v) is 11.8. The van der Waals surface area contributed by atoms with Gasteiger partial charge in [0.2, 0.25) is 0 Å². The minimum atomic E-state index is -2.07. The maximum absolute atomic E-state index is 13.4. The lowest BCUT2D eigenvalue weighted by Gasteiger charge is -2.42. The number of Topliss-reactive ketones (excluding diaryl/α,β-unsaturated/α-hetero) is 1. The average molecular weight is 540 g/mol. The molecule has 0 atom stereocenters. The maximum atomic E-state index is 13.4. The number of methoxy groups -OCH3 is 1. The van der Waals surface area contributed by atoms with Crippen molar-refractivity contribution in [3.63, 3.8) is 0 Å². The second-order valence-corrected chi connectivity index (χ2v) is 17.6. The summed E-state index contributed by atoms with van der Waals surface area (Å²) >= 11 is 0. The van der Waals surface area contributed by atoms with Crippen LogP contribution >= 0.6 is 0 Å². The third-order valence-corrected chi connectivity index (χ3v) is 14.7. The molecule has 1 saturated heterocycles. The number of aliphatic hydroxyl groups is 1. The van der Waals surface area contributed by atoms with Gasteiger partial charge in [-0.2, -0.15) is 0 Å². The van der Waals surface area contributed by atoms with Gasteiger partial charge >= 0.3 is 0 Å². The van der Waals surface area contributed by atoms with E-state index in [4.69, 9.17) is 9.16 Å². The number of piperidine rings is 1. The number of ketones is 1. The lowest BCUT2D eigenvalue weighted by atomic mass is 9.84. The molecular weight excluding hydrogens is 490 g/mol. The second kappa shape index (κ2) is 12.5. The van der Waals surface area contributed by atoms with Crippen LogP contribution in [0.3, 0.4) is 0 Å². The zero-order valence-electron chi connectivity index (χ0n) is 25.1. The van der Waals surface area contributed by atoms with Gasteiger partial charge in [-0.1, -0.05) is 65.8 Å². The Labute approximate surface area is 231 Å². The number of nitrogens with zero attached hydrogens (tertiary/aromatic N) is 1. The van der Waals surface area contributed by atoms with Crippen LogP contribution < -0.4 is 4.43 Å². The summed E-state index contributed by atoms with van der Waals surface area (Å²) in [6.45, 7) is 20.2. The monoisotopic (exact) mass is 539 g/mol. The lowest BCUT2D eigenvalue weighted by molar-refractivity contribution is -0.0245. The van der Waals surface area contributed by atoms with E-state index in [1.54, 1.807) is 7.11 Å². The first kappa shape index (κ1) is 30.5. The van der Waals surface area contributed by atoms with Crippen LogP contribution in [-0.2, 0) is 16.9 Å². The molecule has 5 nitrogen and oxygen atoms in total. The van der Waals surface area contributed by atoms with Gasteiger partial charge in [0.1, 0.15) is 5.75 Å². The number of carbonyl (C=O) groups is 1. The molecule has 1 aliphatic rings. The van der Waals surface area contributed by atoms with E-state index < -0.39 is 13.9 Å². The van der Waals surface area contributed by atoms with Gasteiger partial charge in [-0.3, -0.25) is 9.69 Å². The van der Waals surface area contributed by atoms with E-state index in [0.717, 1.165) is 33.6 Å². The molecule has 3 rings (SSSR count). The summed E-state index contributed by atoms with van der Waals surface area (Å²) in [4.78, 5) is 15.6. The smallest absolute Gasteiger partial charge is 0.258 e. The summed E-state index contributed by atoms with van der Waals surface area (Å²) in [6.07, 6.45) is 1.22. The molecule has 0 aliphatic carbocycles. The Morgan fingerprint density at radius 2 is 1.50 bits per heavy atom. The Kier molecular flexibility index (Phi) is 10.0.